The topological polar surface area (TPSA) is 48.0 Å². The normalized spacial score (nSPS) is 19.2. The second-order valence-corrected chi connectivity index (χ2v) is 11.3. The van der Waals surface area contributed by atoms with Crippen LogP contribution in [0.4, 0.5) is 18.0 Å². The molecule has 2 atom stereocenters. The van der Waals surface area contributed by atoms with Crippen LogP contribution in [0.5, 0.6) is 11.5 Å². The number of alkyl halides is 3. The average Bonchev–Trinajstić information content (AvgIpc) is 3.24. The van der Waals surface area contributed by atoms with E-state index in [9.17, 15) is 18.0 Å². The minimum absolute atomic E-state index is 0.317. The van der Waals surface area contributed by atoms with E-state index in [4.69, 9.17) is 25.8 Å². The lowest BCUT2D eigenvalue weighted by atomic mass is 9.85. The summed E-state index contributed by atoms with van der Waals surface area (Å²) in [5.74, 6) is 1.40. The average molecular weight is 600 g/mol. The van der Waals surface area contributed by atoms with Crippen LogP contribution in [0, 0.1) is 6.92 Å². The first-order valence-electron chi connectivity index (χ1n) is 13.9. The summed E-state index contributed by atoms with van der Waals surface area (Å²) in [5.41, 5.74) is 4.92. The largest absolute Gasteiger partial charge is 0.496 e. The van der Waals surface area contributed by atoms with Crippen LogP contribution in [0.15, 0.2) is 60.2 Å². The lowest BCUT2D eigenvalue weighted by Gasteiger charge is -2.28. The van der Waals surface area contributed by atoms with Crippen molar-refractivity contribution in [2.45, 2.75) is 57.9 Å². The summed E-state index contributed by atoms with van der Waals surface area (Å²) < 4.78 is 57.6. The molecule has 3 aromatic carbocycles. The number of carbonyl (C=O) groups is 1. The molecule has 0 spiro atoms. The Morgan fingerprint density at radius 1 is 0.952 bits per heavy atom. The molecule has 222 valence electrons. The molecule has 0 saturated carbocycles. The Morgan fingerprint density at radius 3 is 2.36 bits per heavy atom. The van der Waals surface area contributed by atoms with Gasteiger partial charge in [0.1, 0.15) is 17.6 Å². The molecule has 42 heavy (non-hydrogen) atoms. The third-order valence-electron chi connectivity index (χ3n) is 8.09. The molecule has 1 heterocycles. The Kier molecular flexibility index (Phi) is 8.46. The lowest BCUT2D eigenvalue weighted by molar-refractivity contribution is -0.137. The highest BCUT2D eigenvalue weighted by Gasteiger charge is 2.41. The Labute approximate surface area is 248 Å². The second kappa shape index (κ2) is 11.9. The van der Waals surface area contributed by atoms with E-state index in [0.717, 1.165) is 65.7 Å². The van der Waals surface area contributed by atoms with Gasteiger partial charge in [0.2, 0.25) is 0 Å². The predicted molar refractivity (Wildman–Crippen MR) is 157 cm³/mol. The summed E-state index contributed by atoms with van der Waals surface area (Å²) in [4.78, 5) is 14.7. The monoisotopic (exact) mass is 599 g/mol. The number of methoxy groups -OCH3 is 2. The molecule has 0 N–H and O–H groups in total. The van der Waals surface area contributed by atoms with E-state index in [1.165, 1.54) is 0 Å². The number of allylic oxidation sites excluding steroid dienone is 1. The highest BCUT2D eigenvalue weighted by atomic mass is 35.5. The first kappa shape index (κ1) is 29.8. The van der Waals surface area contributed by atoms with E-state index in [-0.39, 0.29) is 0 Å². The summed E-state index contributed by atoms with van der Waals surface area (Å²) in [6.07, 6.45) is -2.29. The van der Waals surface area contributed by atoms with Crippen molar-refractivity contribution < 1.29 is 32.2 Å². The molecule has 5 rings (SSSR count). The van der Waals surface area contributed by atoms with Crippen LogP contribution in [0.2, 0.25) is 5.02 Å². The highest BCUT2D eigenvalue weighted by molar-refractivity contribution is 6.31. The molecule has 1 saturated heterocycles. The van der Waals surface area contributed by atoms with Crippen LogP contribution >= 0.6 is 11.6 Å². The number of rotatable bonds is 7. The third kappa shape index (κ3) is 5.95. The molecule has 1 amide bonds. The molecular weight excluding hydrogens is 567 g/mol. The van der Waals surface area contributed by atoms with Crippen molar-refractivity contribution in [1.82, 2.24) is 4.90 Å². The van der Waals surface area contributed by atoms with Crippen LogP contribution < -0.4 is 9.47 Å². The van der Waals surface area contributed by atoms with Crippen LogP contribution in [0.1, 0.15) is 61.0 Å². The van der Waals surface area contributed by atoms with Gasteiger partial charge in [0.05, 0.1) is 25.8 Å². The minimum atomic E-state index is -4.49. The maximum Gasteiger partial charge on any atom is 0.416 e. The lowest BCUT2D eigenvalue weighted by Crippen LogP contribution is -2.34. The molecule has 0 bridgehead atoms. The number of nitrogens with zero attached hydrogens (tertiary/aromatic N) is 1. The highest BCUT2D eigenvalue weighted by Crippen LogP contribution is 2.43. The number of cyclic esters (lactones) is 1. The second-order valence-electron chi connectivity index (χ2n) is 10.9. The maximum absolute atomic E-state index is 13.5. The van der Waals surface area contributed by atoms with Gasteiger partial charge in [-0.25, -0.2) is 4.79 Å². The van der Waals surface area contributed by atoms with E-state index in [1.54, 1.807) is 38.2 Å². The fourth-order valence-electron chi connectivity index (χ4n) is 5.99. The Hall–Kier alpha value is -3.65. The molecule has 0 unspecified atom stereocenters. The van der Waals surface area contributed by atoms with Gasteiger partial charge in [0, 0.05) is 22.7 Å². The van der Waals surface area contributed by atoms with Gasteiger partial charge in [-0.1, -0.05) is 29.3 Å². The quantitative estimate of drug-likeness (QED) is 0.271. The zero-order chi connectivity index (χ0) is 30.2. The first-order chi connectivity index (χ1) is 20.0. The van der Waals surface area contributed by atoms with Crippen molar-refractivity contribution in [1.29, 1.82) is 0 Å². The Bertz CT molecular complexity index is 1530. The minimum Gasteiger partial charge on any atom is -0.496 e. The molecule has 1 aliphatic carbocycles. The van der Waals surface area contributed by atoms with Crippen LogP contribution in [0.3, 0.4) is 0 Å². The number of hydrogen-bond donors (Lipinski definition) is 0. The van der Waals surface area contributed by atoms with E-state index < -0.39 is 30.0 Å². The number of benzene rings is 3. The van der Waals surface area contributed by atoms with E-state index in [2.05, 4.69) is 6.07 Å². The molecule has 1 aliphatic heterocycles. The summed E-state index contributed by atoms with van der Waals surface area (Å²) in [6.45, 7) is 3.75. The SMILES string of the molecule is COc1ccc(-c2cc(Cl)ccc2OC)cc1C1=C(CN2C(=O)O[C@H](c3cc(C)cc(C(F)(F)F)c3)[C@@H]2C)CCCC1. The van der Waals surface area contributed by atoms with Crippen molar-refractivity contribution in [3.8, 4) is 22.6 Å². The summed E-state index contributed by atoms with van der Waals surface area (Å²) >= 11 is 6.32. The van der Waals surface area contributed by atoms with E-state index in [0.29, 0.717) is 34.2 Å². The Morgan fingerprint density at radius 2 is 1.64 bits per heavy atom. The molecule has 1 fully saturated rings. The first-order valence-corrected chi connectivity index (χ1v) is 14.3. The molecule has 9 heteroatoms. The number of amides is 1. The molecule has 3 aromatic rings. The number of aryl methyl sites for hydroxylation is 1. The van der Waals surface area contributed by atoms with Gasteiger partial charge in [-0.2, -0.15) is 13.2 Å². The molecule has 5 nitrogen and oxygen atoms in total. The van der Waals surface area contributed by atoms with Gasteiger partial charge in [-0.05, 0) is 104 Å². The van der Waals surface area contributed by atoms with Crippen molar-refractivity contribution in [3.63, 3.8) is 0 Å². The zero-order valence-corrected chi connectivity index (χ0v) is 24.7. The fraction of sp³-hybridized carbons (Fsp3) is 0.364. The van der Waals surface area contributed by atoms with Gasteiger partial charge in [-0.15, -0.1) is 0 Å². The van der Waals surface area contributed by atoms with Gasteiger partial charge in [-0.3, -0.25) is 4.90 Å². The summed E-state index contributed by atoms with van der Waals surface area (Å²) in [5, 5.41) is 0.591. The number of ether oxygens (including phenoxy) is 3. The third-order valence-corrected chi connectivity index (χ3v) is 8.32. The molecular formula is C33H33ClF3NO4. The summed E-state index contributed by atoms with van der Waals surface area (Å²) in [6, 6.07) is 14.8. The predicted octanol–water partition coefficient (Wildman–Crippen LogP) is 9.26. The number of carbonyl (C=O) groups excluding carboxylic acids is 1. The van der Waals surface area contributed by atoms with Crippen molar-refractivity contribution in [2.75, 3.05) is 20.8 Å². The number of hydrogen-bond acceptors (Lipinski definition) is 4. The standard InChI is InChI=1S/C33H33ClF3NO4/c1-19-13-23(15-24(14-19)33(35,36)37)31-20(2)38(32(39)42-31)18-22-7-5-6-8-26(22)28-16-21(9-11-30(28)41-4)27-17-25(34)10-12-29(27)40-3/h9-17,20,31H,5-8,18H2,1-4H3/t20-,31-/m0/s1. The van der Waals surface area contributed by atoms with Gasteiger partial charge >= 0.3 is 12.3 Å². The van der Waals surface area contributed by atoms with Crippen molar-refractivity contribution in [3.05, 3.63) is 87.4 Å². The summed E-state index contributed by atoms with van der Waals surface area (Å²) in [7, 11) is 3.24. The van der Waals surface area contributed by atoms with Crippen LogP contribution in [-0.2, 0) is 10.9 Å². The van der Waals surface area contributed by atoms with Gasteiger partial charge in [0.15, 0.2) is 0 Å². The maximum atomic E-state index is 13.5. The zero-order valence-electron chi connectivity index (χ0n) is 24.0. The molecule has 2 aliphatic rings. The number of halogens is 4. The molecule has 0 radical (unpaired) electrons. The van der Waals surface area contributed by atoms with Crippen LogP contribution in [0.25, 0.3) is 16.7 Å². The fourth-order valence-corrected chi connectivity index (χ4v) is 6.16. The Balaban J connectivity index is 1.50. The van der Waals surface area contributed by atoms with E-state index >= 15 is 0 Å². The van der Waals surface area contributed by atoms with E-state index in [1.807, 2.05) is 31.2 Å². The van der Waals surface area contributed by atoms with Crippen molar-refractivity contribution >= 4 is 23.3 Å². The molecule has 0 aromatic heterocycles. The van der Waals surface area contributed by atoms with Gasteiger partial charge < -0.3 is 14.2 Å². The van der Waals surface area contributed by atoms with Crippen LogP contribution in [-0.4, -0.2) is 37.8 Å². The van der Waals surface area contributed by atoms with Gasteiger partial charge in [0.25, 0.3) is 0 Å². The van der Waals surface area contributed by atoms with Crippen molar-refractivity contribution in [2.24, 2.45) is 0 Å². The smallest absolute Gasteiger partial charge is 0.416 e.